The molecule has 1 heterocycles. The normalized spacial score (nSPS) is 28.0. The summed E-state index contributed by atoms with van der Waals surface area (Å²) in [5.74, 6) is 3.21. The van der Waals surface area contributed by atoms with Gasteiger partial charge in [0.25, 0.3) is 0 Å². The van der Waals surface area contributed by atoms with E-state index in [-0.39, 0.29) is 16.2 Å². The van der Waals surface area contributed by atoms with Crippen molar-refractivity contribution in [3.05, 3.63) is 125 Å². The Morgan fingerprint density at radius 2 is 1.15 bits per heavy atom. The van der Waals surface area contributed by atoms with Gasteiger partial charge in [0.15, 0.2) is 0 Å². The number of nitrogens with two attached hydrogens (primary N) is 1. The lowest BCUT2D eigenvalue weighted by Gasteiger charge is -2.54. The number of hydrogen-bond acceptors (Lipinski definition) is 2. The highest BCUT2D eigenvalue weighted by Gasteiger charge is 2.53. The Morgan fingerprint density at radius 1 is 0.536 bits per heavy atom. The molecule has 0 amide bonds. The van der Waals surface area contributed by atoms with E-state index >= 15 is 0 Å². The predicted octanol–water partition coefficient (Wildman–Crippen LogP) is 24.9. The minimum atomic E-state index is -0.0357. The third-order valence-electron chi connectivity index (χ3n) is 24.3. The molecule has 8 atom stereocenters. The van der Waals surface area contributed by atoms with Crippen LogP contribution in [0.15, 0.2) is 103 Å². The van der Waals surface area contributed by atoms with Crippen LogP contribution in [0.3, 0.4) is 0 Å². The van der Waals surface area contributed by atoms with Crippen molar-refractivity contribution in [3.63, 3.8) is 0 Å². The Kier molecular flexibility index (Phi) is 23.4. The Balaban J connectivity index is 1.08. The SMILES string of the molecule is CCCCC1C(C)C2CCCCC2N1c1ccc(C2(C3(CCC(CCC)CCCC4(c5ccc(N)cc5)CCCCCCCCC(CC)CCC4)CCC/C=C\c4cccc5cc6c3cccc6cc45)CCCCCCCCCCCC2)cc1. The summed E-state index contributed by atoms with van der Waals surface area (Å²) in [5.41, 5.74) is 15.5. The topological polar surface area (TPSA) is 29.3 Å². The van der Waals surface area contributed by atoms with Gasteiger partial charge in [-0.2, -0.15) is 0 Å². The van der Waals surface area contributed by atoms with Gasteiger partial charge in [0.2, 0.25) is 0 Å². The molecule has 2 N–H and O–H groups in total. The molecule has 2 heteroatoms. The van der Waals surface area contributed by atoms with E-state index in [1.165, 1.54) is 284 Å². The molecule has 8 unspecified atom stereocenters. The molecule has 5 aromatic carbocycles. The molecule has 0 radical (unpaired) electrons. The molecule has 6 aliphatic rings. The minimum Gasteiger partial charge on any atom is -0.399 e. The van der Waals surface area contributed by atoms with Crippen LogP contribution in [-0.4, -0.2) is 12.1 Å². The van der Waals surface area contributed by atoms with Crippen LogP contribution >= 0.6 is 0 Å². The molecule has 458 valence electrons. The molecule has 5 aromatic rings. The number of hydrogen-bond donors (Lipinski definition) is 1. The first-order chi connectivity index (χ1) is 41.3. The molecule has 84 heavy (non-hydrogen) atoms. The van der Waals surface area contributed by atoms with Gasteiger partial charge in [0, 0.05) is 34.3 Å². The van der Waals surface area contributed by atoms with Gasteiger partial charge in [-0.15, -0.1) is 0 Å². The molecule has 3 saturated carbocycles. The fourth-order valence-corrected chi connectivity index (χ4v) is 19.5. The van der Waals surface area contributed by atoms with Crippen LogP contribution in [-0.2, 0) is 16.2 Å². The molecule has 0 spiro atoms. The molecule has 6 bridgehead atoms. The maximum absolute atomic E-state index is 6.50. The van der Waals surface area contributed by atoms with Crippen LogP contribution in [0.2, 0.25) is 0 Å². The monoisotopic (exact) mass is 1130 g/mol. The van der Waals surface area contributed by atoms with Crippen molar-refractivity contribution in [2.24, 2.45) is 23.7 Å². The van der Waals surface area contributed by atoms with Crippen LogP contribution in [0.1, 0.15) is 313 Å². The van der Waals surface area contributed by atoms with Gasteiger partial charge in [-0.1, -0.05) is 280 Å². The summed E-state index contributed by atoms with van der Waals surface area (Å²) in [6.07, 6.45) is 60.5. The second-order valence-corrected chi connectivity index (χ2v) is 29.3. The van der Waals surface area contributed by atoms with Gasteiger partial charge in [-0.25, -0.2) is 0 Å². The van der Waals surface area contributed by atoms with E-state index in [2.05, 4.69) is 142 Å². The number of allylic oxidation sites excluding steroid dienone is 1. The van der Waals surface area contributed by atoms with Gasteiger partial charge in [0.1, 0.15) is 0 Å². The number of rotatable bonds is 17. The first-order valence-corrected chi connectivity index (χ1v) is 36.7. The Morgan fingerprint density at radius 3 is 1.87 bits per heavy atom. The van der Waals surface area contributed by atoms with Gasteiger partial charge in [-0.3, -0.25) is 0 Å². The zero-order valence-corrected chi connectivity index (χ0v) is 54.4. The first-order valence-electron chi connectivity index (χ1n) is 36.7. The van der Waals surface area contributed by atoms with Crippen LogP contribution < -0.4 is 10.6 Å². The zero-order valence-electron chi connectivity index (χ0n) is 54.4. The quantitative estimate of drug-likeness (QED) is 0.0743. The lowest BCUT2D eigenvalue weighted by molar-refractivity contribution is 0.131. The predicted molar refractivity (Wildman–Crippen MR) is 369 cm³/mol. The standard InChI is InChI=1S/C82H120N2/c1-5-8-44-78-64(4)74-42-24-25-45-79(74)84(78)73-52-48-71(49-53-73)81(58-27-19-14-11-9-10-12-15-20-28-59-81)82(60-29-21-23-38-67-39-30-40-68-63-76-69(62-75(67)68)41-31-43-77(76)82)61-54-66(34-6-2)37-33-57-80(70-46-50-72(83)51-47-70)55-26-18-16-13-17-22-35-65(7-3)36-32-56-80/h23,30-31,38-41,43,46-53,62-66,74,78-79H,5-22,24-29,32-37,42,44-45,54-61,83H2,1-4H3/b38-23-. The summed E-state index contributed by atoms with van der Waals surface area (Å²) >= 11 is 0. The number of nitrogens with zero attached hydrogens (tertiary/aromatic N) is 1. The largest absolute Gasteiger partial charge is 0.399 e. The maximum atomic E-state index is 6.50. The highest BCUT2D eigenvalue weighted by Crippen LogP contribution is 2.59. The second-order valence-electron chi connectivity index (χ2n) is 29.3. The van der Waals surface area contributed by atoms with E-state index in [0.29, 0.717) is 18.0 Å². The summed E-state index contributed by atoms with van der Waals surface area (Å²) in [5, 5.41) is 5.80. The number of nitrogen functional groups attached to an aromatic ring is 1. The Labute approximate surface area is 515 Å². The number of benzene rings is 5. The summed E-state index contributed by atoms with van der Waals surface area (Å²) in [6, 6.07) is 41.9. The molecule has 2 nitrogen and oxygen atoms in total. The smallest absolute Gasteiger partial charge is 0.0371 e. The van der Waals surface area contributed by atoms with Crippen molar-refractivity contribution in [2.45, 2.75) is 319 Å². The van der Waals surface area contributed by atoms with Crippen molar-refractivity contribution in [2.75, 3.05) is 10.6 Å². The molecule has 5 aliphatic carbocycles. The summed E-state index contributed by atoms with van der Waals surface area (Å²) in [6.45, 7) is 10.0. The molecule has 0 aromatic heterocycles. The first kappa shape index (κ1) is 63.0. The fourth-order valence-electron chi connectivity index (χ4n) is 19.5. The van der Waals surface area contributed by atoms with Crippen molar-refractivity contribution in [1.29, 1.82) is 0 Å². The van der Waals surface area contributed by atoms with Gasteiger partial charge < -0.3 is 10.6 Å². The van der Waals surface area contributed by atoms with E-state index in [9.17, 15) is 0 Å². The third kappa shape index (κ3) is 14.7. The van der Waals surface area contributed by atoms with Gasteiger partial charge >= 0.3 is 0 Å². The lowest BCUT2D eigenvalue weighted by Crippen LogP contribution is -2.50. The second kappa shape index (κ2) is 31.2. The highest BCUT2D eigenvalue weighted by molar-refractivity contribution is 6.03. The van der Waals surface area contributed by atoms with Crippen LogP contribution in [0.5, 0.6) is 0 Å². The average molecular weight is 1130 g/mol. The van der Waals surface area contributed by atoms with Gasteiger partial charge in [-0.05, 0) is 193 Å². The molecular formula is C82H120N2. The third-order valence-corrected chi connectivity index (χ3v) is 24.3. The van der Waals surface area contributed by atoms with Crippen molar-refractivity contribution >= 4 is 39.0 Å². The van der Waals surface area contributed by atoms with Crippen molar-refractivity contribution < 1.29 is 0 Å². The van der Waals surface area contributed by atoms with Gasteiger partial charge in [0.05, 0.1) is 0 Å². The number of unbranched alkanes of at least 4 members (excludes halogenated alkanes) is 1. The van der Waals surface area contributed by atoms with E-state index in [0.717, 1.165) is 29.9 Å². The zero-order chi connectivity index (χ0) is 58.0. The number of fused-ring (bicyclic) bond motifs is 5. The lowest BCUT2D eigenvalue weighted by atomic mass is 9.49. The summed E-state index contributed by atoms with van der Waals surface area (Å²) < 4.78 is 0. The Bertz CT molecular complexity index is 2750. The van der Waals surface area contributed by atoms with Crippen molar-refractivity contribution in [3.8, 4) is 0 Å². The van der Waals surface area contributed by atoms with E-state index < -0.39 is 0 Å². The average Bonchev–Trinajstić information content (AvgIpc) is 0.955. The van der Waals surface area contributed by atoms with Crippen LogP contribution in [0.4, 0.5) is 11.4 Å². The van der Waals surface area contributed by atoms with Crippen LogP contribution in [0.25, 0.3) is 27.6 Å². The van der Waals surface area contributed by atoms with Crippen molar-refractivity contribution in [1.82, 2.24) is 0 Å². The minimum absolute atomic E-state index is 0.00463. The summed E-state index contributed by atoms with van der Waals surface area (Å²) in [7, 11) is 0. The molecular weight excluding hydrogens is 1010 g/mol. The van der Waals surface area contributed by atoms with E-state index in [1.807, 2.05) is 0 Å². The molecule has 11 rings (SSSR count). The molecule has 1 aliphatic heterocycles. The highest BCUT2D eigenvalue weighted by atomic mass is 15.2. The fraction of sp³-hybridized carbons (Fsp3) is 0.659. The van der Waals surface area contributed by atoms with E-state index in [1.54, 1.807) is 22.1 Å². The van der Waals surface area contributed by atoms with Crippen LogP contribution in [0, 0.1) is 23.7 Å². The summed E-state index contributed by atoms with van der Waals surface area (Å²) in [4.78, 5) is 3.03. The number of anilines is 2. The molecule has 4 fully saturated rings. The maximum Gasteiger partial charge on any atom is 0.0371 e. The Hall–Kier alpha value is -4.04. The molecule has 1 saturated heterocycles. The van der Waals surface area contributed by atoms with E-state index in [4.69, 9.17) is 5.73 Å².